The minimum absolute atomic E-state index is 0.221. The van der Waals surface area contributed by atoms with Gasteiger partial charge in [-0.15, -0.1) is 0 Å². The van der Waals surface area contributed by atoms with Crippen LogP contribution in [0.4, 0.5) is 0 Å². The van der Waals surface area contributed by atoms with Crippen molar-refractivity contribution in [1.29, 1.82) is 0 Å². The molecule has 0 aliphatic rings. The lowest BCUT2D eigenvalue weighted by Crippen LogP contribution is -2.46. The summed E-state index contributed by atoms with van der Waals surface area (Å²) in [5.74, 6) is 0.946. The summed E-state index contributed by atoms with van der Waals surface area (Å²) >= 11 is 4.99. The number of halogens is 1. The van der Waals surface area contributed by atoms with Gasteiger partial charge < -0.3 is 15.1 Å². The van der Waals surface area contributed by atoms with E-state index in [9.17, 15) is 9.59 Å². The van der Waals surface area contributed by atoms with Gasteiger partial charge in [0.1, 0.15) is 11.8 Å². The lowest BCUT2D eigenvalue weighted by Gasteiger charge is -2.18. The molecule has 0 spiro atoms. The number of nitrogens with one attached hydrogen (secondary N) is 2. The van der Waals surface area contributed by atoms with Crippen LogP contribution in [0.15, 0.2) is 51.6 Å². The molecule has 5 nitrogen and oxygen atoms in total. The van der Waals surface area contributed by atoms with Gasteiger partial charge in [-0.3, -0.25) is 9.59 Å². The highest BCUT2D eigenvalue weighted by Gasteiger charge is 2.22. The van der Waals surface area contributed by atoms with Gasteiger partial charge in [-0.2, -0.15) is 11.8 Å². The number of hydrogen-bond acceptors (Lipinski definition) is 4. The van der Waals surface area contributed by atoms with Crippen molar-refractivity contribution in [2.75, 3.05) is 12.0 Å². The molecule has 0 fully saturated rings. The second-order valence-corrected chi connectivity index (χ2v) is 6.92. The van der Waals surface area contributed by atoms with Crippen LogP contribution >= 0.6 is 27.7 Å². The summed E-state index contributed by atoms with van der Waals surface area (Å²) in [7, 11) is 0. The van der Waals surface area contributed by atoms with Crippen molar-refractivity contribution < 1.29 is 14.0 Å². The van der Waals surface area contributed by atoms with Crippen LogP contribution in [0, 0.1) is 0 Å². The summed E-state index contributed by atoms with van der Waals surface area (Å²) in [6, 6.07) is 10.1. The number of hydrogen-bond donors (Lipinski definition) is 2. The molecule has 1 heterocycles. The molecule has 2 amide bonds. The van der Waals surface area contributed by atoms with Gasteiger partial charge >= 0.3 is 0 Å². The van der Waals surface area contributed by atoms with Crippen molar-refractivity contribution in [3.05, 3.63) is 58.5 Å². The Kier molecular flexibility index (Phi) is 7.39. The normalized spacial score (nSPS) is 11.8. The number of rotatable bonds is 8. The maximum Gasteiger partial charge on any atom is 0.253 e. The first-order valence-corrected chi connectivity index (χ1v) is 9.65. The zero-order valence-corrected chi connectivity index (χ0v) is 15.7. The Bertz CT molecular complexity index is 676. The van der Waals surface area contributed by atoms with Crippen LogP contribution < -0.4 is 10.6 Å². The smallest absolute Gasteiger partial charge is 0.253 e. The SMILES string of the molecule is CSCCC(NC(=O)c1ccccc1Br)C(=O)NCc1ccco1. The topological polar surface area (TPSA) is 71.3 Å². The van der Waals surface area contributed by atoms with Crippen LogP contribution in [-0.2, 0) is 11.3 Å². The van der Waals surface area contributed by atoms with Crippen LogP contribution in [0.3, 0.4) is 0 Å². The second kappa shape index (κ2) is 9.54. The van der Waals surface area contributed by atoms with Gasteiger partial charge in [0, 0.05) is 4.47 Å². The van der Waals surface area contributed by atoms with Gasteiger partial charge in [-0.05, 0) is 58.6 Å². The van der Waals surface area contributed by atoms with E-state index < -0.39 is 6.04 Å². The molecule has 24 heavy (non-hydrogen) atoms. The van der Waals surface area contributed by atoms with Crippen molar-refractivity contribution in [2.45, 2.75) is 19.0 Å². The molecule has 1 aromatic carbocycles. The number of furan rings is 1. The summed E-state index contributed by atoms with van der Waals surface area (Å²) in [5.41, 5.74) is 0.505. The fourth-order valence-electron chi connectivity index (χ4n) is 2.10. The lowest BCUT2D eigenvalue weighted by molar-refractivity contribution is -0.123. The molecular formula is C17H19BrN2O3S. The number of amides is 2. The third-order valence-corrected chi connectivity index (χ3v) is 4.70. The summed E-state index contributed by atoms with van der Waals surface area (Å²) in [6.07, 6.45) is 4.08. The van der Waals surface area contributed by atoms with E-state index in [1.807, 2.05) is 12.3 Å². The molecule has 0 radical (unpaired) electrons. The van der Waals surface area contributed by atoms with Crippen molar-refractivity contribution in [2.24, 2.45) is 0 Å². The van der Waals surface area contributed by atoms with Crippen LogP contribution in [-0.4, -0.2) is 29.9 Å². The van der Waals surface area contributed by atoms with E-state index >= 15 is 0 Å². The quantitative estimate of drug-likeness (QED) is 0.700. The Morgan fingerprint density at radius 2 is 2.04 bits per heavy atom. The number of thioether (sulfide) groups is 1. The van der Waals surface area contributed by atoms with E-state index in [4.69, 9.17) is 4.42 Å². The first-order valence-electron chi connectivity index (χ1n) is 7.46. The van der Waals surface area contributed by atoms with E-state index in [0.29, 0.717) is 28.8 Å². The molecule has 1 unspecified atom stereocenters. The van der Waals surface area contributed by atoms with Crippen molar-refractivity contribution in [3.63, 3.8) is 0 Å². The van der Waals surface area contributed by atoms with E-state index in [0.717, 1.165) is 5.75 Å². The van der Waals surface area contributed by atoms with Crippen molar-refractivity contribution in [3.8, 4) is 0 Å². The average Bonchev–Trinajstić information content (AvgIpc) is 3.10. The van der Waals surface area contributed by atoms with Crippen molar-refractivity contribution >= 4 is 39.5 Å². The Morgan fingerprint density at radius 3 is 2.71 bits per heavy atom. The molecule has 128 valence electrons. The molecule has 2 N–H and O–H groups in total. The summed E-state index contributed by atoms with van der Waals surface area (Å²) in [6.45, 7) is 0.298. The molecule has 0 aliphatic carbocycles. The lowest BCUT2D eigenvalue weighted by atomic mass is 10.1. The Balaban J connectivity index is 2.00. The maximum atomic E-state index is 12.4. The van der Waals surface area contributed by atoms with E-state index in [1.165, 1.54) is 0 Å². The predicted octanol–water partition coefficient (Wildman–Crippen LogP) is 3.21. The highest BCUT2D eigenvalue weighted by molar-refractivity contribution is 9.10. The first-order chi connectivity index (χ1) is 11.6. The molecular weight excluding hydrogens is 392 g/mol. The van der Waals surface area contributed by atoms with Gasteiger partial charge in [0.15, 0.2) is 0 Å². The monoisotopic (exact) mass is 410 g/mol. The fraction of sp³-hybridized carbons (Fsp3) is 0.294. The van der Waals surface area contributed by atoms with Gasteiger partial charge in [0.25, 0.3) is 5.91 Å². The van der Waals surface area contributed by atoms with E-state index in [2.05, 4.69) is 26.6 Å². The predicted molar refractivity (Wildman–Crippen MR) is 98.9 cm³/mol. The van der Waals surface area contributed by atoms with Crippen LogP contribution in [0.2, 0.25) is 0 Å². The zero-order chi connectivity index (χ0) is 17.4. The summed E-state index contributed by atoms with van der Waals surface area (Å²) < 4.78 is 5.89. The largest absolute Gasteiger partial charge is 0.467 e. The minimum Gasteiger partial charge on any atom is -0.467 e. The highest BCUT2D eigenvalue weighted by atomic mass is 79.9. The molecule has 2 rings (SSSR count). The highest BCUT2D eigenvalue weighted by Crippen LogP contribution is 2.16. The first kappa shape index (κ1) is 18.6. The van der Waals surface area contributed by atoms with Gasteiger partial charge in [-0.1, -0.05) is 12.1 Å². The number of benzene rings is 1. The summed E-state index contributed by atoms with van der Waals surface area (Å²) in [4.78, 5) is 24.8. The number of carbonyl (C=O) groups is 2. The Labute approximate surface area is 153 Å². The molecule has 0 bridgehead atoms. The van der Waals surface area contributed by atoms with Crippen LogP contribution in [0.1, 0.15) is 22.5 Å². The third kappa shape index (κ3) is 5.42. The molecule has 0 saturated carbocycles. The molecule has 0 saturated heterocycles. The number of carbonyl (C=O) groups excluding carboxylic acids is 2. The molecule has 1 atom stereocenters. The van der Waals surface area contributed by atoms with Crippen LogP contribution in [0.25, 0.3) is 0 Å². The fourth-order valence-corrected chi connectivity index (χ4v) is 3.03. The van der Waals surface area contributed by atoms with Gasteiger partial charge in [0.2, 0.25) is 5.91 Å². The Hall–Kier alpha value is -1.73. The standard InChI is InChI=1S/C17H19BrN2O3S/c1-24-10-8-15(17(22)19-11-12-5-4-9-23-12)20-16(21)13-6-2-3-7-14(13)18/h2-7,9,15H,8,10-11H2,1H3,(H,19,22)(H,20,21). The second-order valence-electron chi connectivity index (χ2n) is 5.08. The molecule has 7 heteroatoms. The minimum atomic E-state index is -0.591. The Morgan fingerprint density at radius 1 is 1.25 bits per heavy atom. The molecule has 0 aliphatic heterocycles. The molecule has 2 aromatic rings. The maximum absolute atomic E-state index is 12.4. The van der Waals surface area contributed by atoms with E-state index in [-0.39, 0.29) is 11.8 Å². The zero-order valence-electron chi connectivity index (χ0n) is 13.3. The average molecular weight is 411 g/mol. The van der Waals surface area contributed by atoms with Gasteiger partial charge in [0.05, 0.1) is 18.4 Å². The van der Waals surface area contributed by atoms with Gasteiger partial charge in [-0.25, -0.2) is 0 Å². The van der Waals surface area contributed by atoms with Crippen molar-refractivity contribution in [1.82, 2.24) is 10.6 Å². The van der Waals surface area contributed by atoms with Crippen LogP contribution in [0.5, 0.6) is 0 Å². The summed E-state index contributed by atoms with van der Waals surface area (Å²) in [5, 5.41) is 5.61. The van der Waals surface area contributed by atoms with E-state index in [1.54, 1.807) is 48.4 Å². The third-order valence-electron chi connectivity index (χ3n) is 3.37. The molecule has 1 aromatic heterocycles.